The van der Waals surface area contributed by atoms with Crippen molar-refractivity contribution >= 4 is 5.97 Å². The van der Waals surface area contributed by atoms with Crippen LogP contribution in [0.15, 0.2) is 41.6 Å². The third-order valence-electron chi connectivity index (χ3n) is 3.58. The molecule has 0 aliphatic rings. The Bertz CT molecular complexity index is 582. The van der Waals surface area contributed by atoms with Crippen molar-refractivity contribution in [2.45, 2.75) is 45.8 Å². The summed E-state index contributed by atoms with van der Waals surface area (Å²) >= 11 is 0. The lowest BCUT2D eigenvalue weighted by Crippen LogP contribution is -2.24. The Hall–Kier alpha value is -2.07. The van der Waals surface area contributed by atoms with Crippen molar-refractivity contribution in [2.75, 3.05) is 6.61 Å². The van der Waals surface area contributed by atoms with Crippen LogP contribution in [0.2, 0.25) is 0 Å². The lowest BCUT2D eigenvalue weighted by atomic mass is 9.97. The molecule has 0 saturated carbocycles. The number of aliphatic hydroxyl groups excluding tert-OH is 2. The molecule has 132 valence electrons. The molecule has 0 unspecified atom stereocenters. The minimum Gasteiger partial charge on any atom is -0.508 e. The van der Waals surface area contributed by atoms with Crippen LogP contribution in [0.1, 0.15) is 45.3 Å². The molecule has 0 fully saturated rings. The lowest BCUT2D eigenvalue weighted by molar-refractivity contribution is -0.152. The van der Waals surface area contributed by atoms with E-state index in [2.05, 4.69) is 5.73 Å². The maximum atomic E-state index is 11.5. The average Bonchev–Trinajstić information content (AvgIpc) is 2.54. The highest BCUT2D eigenvalue weighted by atomic mass is 16.5. The second-order valence-electron chi connectivity index (χ2n) is 5.84. The van der Waals surface area contributed by atoms with Gasteiger partial charge in [-0.05, 0) is 42.2 Å². The van der Waals surface area contributed by atoms with Crippen LogP contribution in [-0.2, 0) is 9.53 Å². The fraction of sp³-hybridized carbons (Fsp3) is 0.474. The molecule has 0 bridgehead atoms. The zero-order valence-corrected chi connectivity index (χ0v) is 14.4. The molecule has 5 heteroatoms. The third-order valence-corrected chi connectivity index (χ3v) is 3.58. The zero-order chi connectivity index (χ0) is 18.1. The van der Waals surface area contributed by atoms with Gasteiger partial charge < -0.3 is 20.1 Å². The molecule has 0 aromatic heterocycles. The van der Waals surface area contributed by atoms with Crippen LogP contribution in [0.4, 0.5) is 0 Å². The molecule has 0 aliphatic heterocycles. The number of phenols is 1. The molecule has 0 spiro atoms. The van der Waals surface area contributed by atoms with Gasteiger partial charge in [0.15, 0.2) is 6.10 Å². The average molecular weight is 334 g/mol. The Kier molecular flexibility index (Phi) is 8.27. The van der Waals surface area contributed by atoms with Gasteiger partial charge in [0.05, 0.1) is 12.7 Å². The third kappa shape index (κ3) is 6.59. The van der Waals surface area contributed by atoms with Gasteiger partial charge in [-0.15, -0.1) is 5.73 Å². The highest BCUT2D eigenvalue weighted by molar-refractivity contribution is 5.74. The van der Waals surface area contributed by atoms with Gasteiger partial charge in [-0.25, -0.2) is 4.79 Å². The predicted octanol–water partition coefficient (Wildman–Crippen LogP) is 2.87. The minimum atomic E-state index is -1.20. The summed E-state index contributed by atoms with van der Waals surface area (Å²) in [7, 11) is 0. The number of hydrogen-bond acceptors (Lipinski definition) is 5. The Morgan fingerprint density at radius 2 is 1.88 bits per heavy atom. The number of hydrogen-bond donors (Lipinski definition) is 3. The van der Waals surface area contributed by atoms with Crippen LogP contribution in [0.25, 0.3) is 0 Å². The molecule has 1 aromatic rings. The molecule has 0 aliphatic carbocycles. The lowest BCUT2D eigenvalue weighted by Gasteiger charge is -2.13. The van der Waals surface area contributed by atoms with E-state index in [9.17, 15) is 20.1 Å². The van der Waals surface area contributed by atoms with Crippen molar-refractivity contribution in [3.05, 3.63) is 47.2 Å². The zero-order valence-electron chi connectivity index (χ0n) is 14.4. The molecule has 1 rings (SSSR count). The number of benzene rings is 1. The maximum absolute atomic E-state index is 11.5. The predicted molar refractivity (Wildman–Crippen MR) is 91.4 cm³/mol. The van der Waals surface area contributed by atoms with Gasteiger partial charge in [-0.1, -0.05) is 26.0 Å². The van der Waals surface area contributed by atoms with Crippen molar-refractivity contribution < 1.29 is 24.9 Å². The van der Waals surface area contributed by atoms with Crippen molar-refractivity contribution in [1.82, 2.24) is 0 Å². The smallest absolute Gasteiger partial charge is 0.335 e. The van der Waals surface area contributed by atoms with Crippen LogP contribution >= 0.6 is 0 Å². The number of rotatable bonds is 8. The summed E-state index contributed by atoms with van der Waals surface area (Å²) in [5.41, 5.74) is 4.56. The summed E-state index contributed by atoms with van der Waals surface area (Å²) in [6.07, 6.45) is 0.288. The first kappa shape index (κ1) is 20.0. The van der Waals surface area contributed by atoms with E-state index in [1.54, 1.807) is 25.1 Å². The van der Waals surface area contributed by atoms with Gasteiger partial charge in [-0.2, -0.15) is 0 Å². The Labute approximate surface area is 142 Å². The maximum Gasteiger partial charge on any atom is 0.335 e. The van der Waals surface area contributed by atoms with E-state index in [1.807, 2.05) is 13.8 Å². The second-order valence-corrected chi connectivity index (χ2v) is 5.84. The van der Waals surface area contributed by atoms with Gasteiger partial charge in [0.2, 0.25) is 0 Å². The van der Waals surface area contributed by atoms with Gasteiger partial charge in [0.25, 0.3) is 0 Å². The first-order valence-corrected chi connectivity index (χ1v) is 8.10. The Morgan fingerprint density at radius 1 is 1.25 bits per heavy atom. The molecule has 0 amide bonds. The van der Waals surface area contributed by atoms with E-state index in [-0.39, 0.29) is 24.7 Å². The SMILES string of the molecule is CCOC(=O)[C@H](O)CC(=C=CC[C@@H](O)c1ccc(O)cc1)C(C)C. The molecular formula is C19H26O5. The summed E-state index contributed by atoms with van der Waals surface area (Å²) in [4.78, 5) is 11.5. The Morgan fingerprint density at radius 3 is 2.42 bits per heavy atom. The number of carbonyl (C=O) groups is 1. The molecule has 1 aromatic carbocycles. The number of esters is 1. The van der Waals surface area contributed by atoms with Crippen LogP contribution in [0.5, 0.6) is 5.75 Å². The summed E-state index contributed by atoms with van der Waals surface area (Å²) in [5, 5.41) is 29.2. The fourth-order valence-corrected chi connectivity index (χ4v) is 2.13. The molecule has 3 N–H and O–H groups in total. The van der Waals surface area contributed by atoms with Gasteiger partial charge in [-0.3, -0.25) is 0 Å². The number of phenolic OH excluding ortho intramolecular Hbond substituents is 1. The van der Waals surface area contributed by atoms with E-state index < -0.39 is 18.2 Å². The fourth-order valence-electron chi connectivity index (χ4n) is 2.13. The molecule has 24 heavy (non-hydrogen) atoms. The molecule has 5 nitrogen and oxygen atoms in total. The molecule has 0 heterocycles. The largest absolute Gasteiger partial charge is 0.508 e. The molecule has 2 atom stereocenters. The highest BCUT2D eigenvalue weighted by Gasteiger charge is 2.19. The van der Waals surface area contributed by atoms with E-state index in [4.69, 9.17) is 4.74 Å². The van der Waals surface area contributed by atoms with Crippen molar-refractivity contribution in [1.29, 1.82) is 0 Å². The van der Waals surface area contributed by atoms with Gasteiger partial charge >= 0.3 is 5.97 Å². The van der Waals surface area contributed by atoms with E-state index >= 15 is 0 Å². The van der Waals surface area contributed by atoms with Crippen LogP contribution in [0, 0.1) is 5.92 Å². The van der Waals surface area contributed by atoms with Crippen LogP contribution in [-0.4, -0.2) is 34.0 Å². The summed E-state index contributed by atoms with van der Waals surface area (Å²) in [6, 6.07) is 6.36. The first-order valence-electron chi connectivity index (χ1n) is 8.10. The monoisotopic (exact) mass is 334 g/mol. The first-order chi connectivity index (χ1) is 11.3. The number of carbonyl (C=O) groups excluding carboxylic acids is 1. The van der Waals surface area contributed by atoms with Gasteiger partial charge in [0.1, 0.15) is 5.75 Å². The van der Waals surface area contributed by atoms with Crippen LogP contribution < -0.4 is 0 Å². The normalized spacial score (nSPS) is 13.1. The highest BCUT2D eigenvalue weighted by Crippen LogP contribution is 2.20. The van der Waals surface area contributed by atoms with Crippen LogP contribution in [0.3, 0.4) is 0 Å². The molecular weight excluding hydrogens is 308 g/mol. The molecule has 0 radical (unpaired) electrons. The summed E-state index contributed by atoms with van der Waals surface area (Å²) in [6.45, 7) is 5.81. The summed E-state index contributed by atoms with van der Waals surface area (Å²) < 4.78 is 4.79. The van der Waals surface area contributed by atoms with Crippen molar-refractivity contribution in [3.8, 4) is 5.75 Å². The number of aliphatic hydroxyl groups is 2. The summed E-state index contributed by atoms with van der Waals surface area (Å²) in [5.74, 6) is -0.380. The quantitative estimate of drug-likeness (QED) is 0.503. The standard InChI is InChI=1S/C19H26O5/c1-4-24-19(23)18(22)12-15(13(2)3)6-5-7-17(21)14-8-10-16(20)11-9-14/h5,8-11,13,17-18,20-22H,4,7,12H2,1-3H3/t6?,17-,18-/m1/s1. The molecule has 0 saturated heterocycles. The van der Waals surface area contributed by atoms with E-state index in [0.29, 0.717) is 12.0 Å². The topological polar surface area (TPSA) is 87.0 Å². The number of ether oxygens (including phenoxy) is 1. The van der Waals surface area contributed by atoms with E-state index in [0.717, 1.165) is 5.57 Å². The van der Waals surface area contributed by atoms with Gasteiger partial charge in [0, 0.05) is 12.8 Å². The Balaban J connectivity index is 2.74. The number of aromatic hydroxyl groups is 1. The second kappa shape index (κ2) is 9.93. The van der Waals surface area contributed by atoms with E-state index in [1.165, 1.54) is 12.1 Å². The van der Waals surface area contributed by atoms with Crippen molar-refractivity contribution in [3.63, 3.8) is 0 Å². The minimum absolute atomic E-state index is 0.108. The van der Waals surface area contributed by atoms with Crippen molar-refractivity contribution in [2.24, 2.45) is 5.92 Å².